The highest BCUT2D eigenvalue weighted by Crippen LogP contribution is 2.11. The first kappa shape index (κ1) is 13.7. The first-order valence-electron chi connectivity index (χ1n) is 5.93. The van der Waals surface area contributed by atoms with E-state index in [1.807, 2.05) is 39.3 Å². The predicted octanol–water partition coefficient (Wildman–Crippen LogP) is 1.57. The fourth-order valence-corrected chi connectivity index (χ4v) is 1.90. The average Bonchev–Trinajstić information content (AvgIpc) is 2.53. The van der Waals surface area contributed by atoms with Gasteiger partial charge in [0.05, 0.1) is 6.07 Å². The zero-order valence-electron chi connectivity index (χ0n) is 11.3. The fourth-order valence-electron chi connectivity index (χ4n) is 1.90. The second kappa shape index (κ2) is 5.28. The van der Waals surface area contributed by atoms with Crippen LogP contribution in [0.3, 0.4) is 0 Å². The Morgan fingerprint density at radius 2 is 2.12 bits per heavy atom. The van der Waals surface area contributed by atoms with Crippen molar-refractivity contribution in [1.82, 2.24) is 20.1 Å². The van der Waals surface area contributed by atoms with Crippen LogP contribution in [0.15, 0.2) is 0 Å². The maximum absolute atomic E-state index is 9.23. The Labute approximate surface area is 103 Å². The molecule has 0 bridgehead atoms. The van der Waals surface area contributed by atoms with Crippen molar-refractivity contribution in [2.75, 3.05) is 0 Å². The molecule has 0 aliphatic rings. The van der Waals surface area contributed by atoms with Crippen molar-refractivity contribution in [3.8, 4) is 6.07 Å². The molecule has 0 radical (unpaired) electrons. The Hall–Kier alpha value is -1.41. The molecule has 1 rings (SSSR count). The quantitative estimate of drug-likeness (QED) is 0.841. The highest BCUT2D eigenvalue weighted by atomic mass is 15.3. The summed E-state index contributed by atoms with van der Waals surface area (Å²) in [5, 5.41) is 16.8. The third kappa shape index (κ3) is 3.82. The molecule has 0 aliphatic heterocycles. The molecule has 5 nitrogen and oxygen atoms in total. The molecule has 1 N–H and O–H groups in total. The second-order valence-corrected chi connectivity index (χ2v) is 4.92. The lowest BCUT2D eigenvalue weighted by atomic mass is 9.99. The van der Waals surface area contributed by atoms with Gasteiger partial charge in [-0.3, -0.25) is 10.00 Å². The van der Waals surface area contributed by atoms with E-state index in [-0.39, 0.29) is 0 Å². The van der Waals surface area contributed by atoms with Gasteiger partial charge in [-0.15, -0.1) is 0 Å². The number of nitrogens with zero attached hydrogens (tertiary/aromatic N) is 4. The van der Waals surface area contributed by atoms with Crippen molar-refractivity contribution >= 4 is 0 Å². The number of hydrogen-bond acceptors (Lipinski definition) is 4. The average molecular weight is 235 g/mol. The lowest BCUT2D eigenvalue weighted by Gasteiger charge is -2.25. The molecule has 94 valence electrons. The van der Waals surface area contributed by atoms with E-state index >= 15 is 0 Å². The zero-order valence-corrected chi connectivity index (χ0v) is 11.3. The number of aryl methyl sites for hydroxylation is 3. The number of nitrogens with one attached hydrogen (secondary N) is 1. The van der Waals surface area contributed by atoms with Crippen molar-refractivity contribution in [2.45, 2.75) is 59.2 Å². The third-order valence-electron chi connectivity index (χ3n) is 2.64. The van der Waals surface area contributed by atoms with Crippen LogP contribution in [0.2, 0.25) is 0 Å². The molecular formula is C12H21N5. The summed E-state index contributed by atoms with van der Waals surface area (Å²) in [6.07, 6.45) is 0.714. The lowest BCUT2D eigenvalue weighted by molar-refractivity contribution is 0.353. The highest BCUT2D eigenvalue weighted by Gasteiger charge is 2.24. The minimum atomic E-state index is -0.513. The predicted molar refractivity (Wildman–Crippen MR) is 66.4 cm³/mol. The number of rotatable bonds is 5. The summed E-state index contributed by atoms with van der Waals surface area (Å²) in [5.74, 6) is 1.67. The third-order valence-corrected chi connectivity index (χ3v) is 2.64. The molecule has 0 fully saturated rings. The molecule has 0 saturated heterocycles. The molecule has 0 spiro atoms. The second-order valence-electron chi connectivity index (χ2n) is 4.92. The topological polar surface area (TPSA) is 66.5 Å². The van der Waals surface area contributed by atoms with Crippen LogP contribution >= 0.6 is 0 Å². The van der Waals surface area contributed by atoms with Gasteiger partial charge in [0.25, 0.3) is 0 Å². The standard InChI is InChI=1S/C12H21N5/c1-9(2)15-12(5,8-13)6-7-17-11(4)14-10(3)16-17/h9,15H,6-7H2,1-5H3. The van der Waals surface area contributed by atoms with E-state index in [9.17, 15) is 5.26 Å². The van der Waals surface area contributed by atoms with Crippen molar-refractivity contribution in [3.05, 3.63) is 11.6 Å². The first-order valence-corrected chi connectivity index (χ1v) is 5.93. The smallest absolute Gasteiger partial charge is 0.147 e. The Balaban J connectivity index is 2.65. The van der Waals surface area contributed by atoms with E-state index in [2.05, 4.69) is 21.5 Å². The van der Waals surface area contributed by atoms with Crippen molar-refractivity contribution in [3.63, 3.8) is 0 Å². The fraction of sp³-hybridized carbons (Fsp3) is 0.750. The van der Waals surface area contributed by atoms with Crippen LogP contribution in [-0.4, -0.2) is 26.3 Å². The van der Waals surface area contributed by atoms with Crippen LogP contribution in [0.25, 0.3) is 0 Å². The van der Waals surface area contributed by atoms with Crippen LogP contribution in [-0.2, 0) is 6.54 Å². The SMILES string of the molecule is Cc1nc(C)n(CCC(C)(C#N)NC(C)C)n1. The summed E-state index contributed by atoms with van der Waals surface area (Å²) in [5.41, 5.74) is -0.513. The molecule has 1 atom stereocenters. The van der Waals surface area contributed by atoms with Crippen molar-refractivity contribution in [1.29, 1.82) is 5.26 Å². The largest absolute Gasteiger partial charge is 0.297 e. The van der Waals surface area contributed by atoms with Crippen molar-refractivity contribution < 1.29 is 0 Å². The van der Waals surface area contributed by atoms with Crippen LogP contribution in [0.5, 0.6) is 0 Å². The lowest BCUT2D eigenvalue weighted by Crippen LogP contribution is -2.45. The van der Waals surface area contributed by atoms with Gasteiger partial charge in [-0.25, -0.2) is 4.98 Å². The van der Waals surface area contributed by atoms with E-state index in [1.165, 1.54) is 0 Å². The first-order chi connectivity index (χ1) is 7.86. The van der Waals surface area contributed by atoms with Crippen LogP contribution in [0.1, 0.15) is 38.8 Å². The molecule has 17 heavy (non-hydrogen) atoms. The van der Waals surface area contributed by atoms with Gasteiger partial charge >= 0.3 is 0 Å². The summed E-state index contributed by atoms with van der Waals surface area (Å²) in [6.45, 7) is 10.5. The maximum Gasteiger partial charge on any atom is 0.147 e. The summed E-state index contributed by atoms with van der Waals surface area (Å²) in [4.78, 5) is 4.25. The van der Waals surface area contributed by atoms with Gasteiger partial charge in [0.1, 0.15) is 17.2 Å². The van der Waals surface area contributed by atoms with E-state index in [4.69, 9.17) is 0 Å². The Morgan fingerprint density at radius 1 is 1.47 bits per heavy atom. The Kier molecular flexibility index (Phi) is 4.24. The van der Waals surface area contributed by atoms with Gasteiger partial charge in [0, 0.05) is 12.6 Å². The summed E-state index contributed by atoms with van der Waals surface area (Å²) in [7, 11) is 0. The van der Waals surface area contributed by atoms with Gasteiger partial charge in [0.15, 0.2) is 0 Å². The van der Waals surface area contributed by atoms with Gasteiger partial charge in [-0.05, 0) is 41.0 Å². The molecule has 1 aromatic heterocycles. The minimum absolute atomic E-state index is 0.290. The van der Waals surface area contributed by atoms with Crippen LogP contribution in [0, 0.1) is 25.2 Å². The minimum Gasteiger partial charge on any atom is -0.297 e. The molecule has 1 heterocycles. The maximum atomic E-state index is 9.23. The summed E-state index contributed by atoms with van der Waals surface area (Å²) >= 11 is 0. The van der Waals surface area contributed by atoms with Crippen LogP contribution in [0.4, 0.5) is 0 Å². The normalized spacial score (nSPS) is 14.6. The molecule has 1 unspecified atom stereocenters. The van der Waals surface area contributed by atoms with Gasteiger partial charge in [-0.2, -0.15) is 10.4 Å². The van der Waals surface area contributed by atoms with E-state index in [0.717, 1.165) is 11.6 Å². The monoisotopic (exact) mass is 235 g/mol. The van der Waals surface area contributed by atoms with E-state index in [0.29, 0.717) is 19.0 Å². The molecule has 0 amide bonds. The zero-order chi connectivity index (χ0) is 13.1. The molecule has 0 aromatic carbocycles. The number of aromatic nitrogens is 3. The molecule has 0 saturated carbocycles. The van der Waals surface area contributed by atoms with Crippen molar-refractivity contribution in [2.24, 2.45) is 0 Å². The molecule has 1 aromatic rings. The Morgan fingerprint density at radius 3 is 2.53 bits per heavy atom. The molecular weight excluding hydrogens is 214 g/mol. The van der Waals surface area contributed by atoms with Gasteiger partial charge in [0.2, 0.25) is 0 Å². The number of nitriles is 1. The Bertz CT molecular complexity index is 415. The molecule has 5 heteroatoms. The highest BCUT2D eigenvalue weighted by molar-refractivity contribution is 5.04. The van der Waals surface area contributed by atoms with E-state index in [1.54, 1.807) is 0 Å². The van der Waals surface area contributed by atoms with Crippen LogP contribution < -0.4 is 5.32 Å². The van der Waals surface area contributed by atoms with Gasteiger partial charge in [-0.1, -0.05) is 0 Å². The van der Waals surface area contributed by atoms with Gasteiger partial charge < -0.3 is 0 Å². The number of hydrogen-bond donors (Lipinski definition) is 1. The van der Waals surface area contributed by atoms with E-state index < -0.39 is 5.54 Å². The molecule has 0 aliphatic carbocycles. The summed E-state index contributed by atoms with van der Waals surface area (Å²) < 4.78 is 1.85. The summed E-state index contributed by atoms with van der Waals surface area (Å²) in [6, 6.07) is 2.62.